The Morgan fingerprint density at radius 2 is 1.74 bits per heavy atom. The van der Waals surface area contributed by atoms with E-state index in [4.69, 9.17) is 0 Å². The molecule has 4 aromatic rings. The van der Waals surface area contributed by atoms with E-state index in [0.717, 1.165) is 28.1 Å². The standard InChI is InChI=1S/C27H23N5O.2ClH/c28-15-22-8-4-5-9-25(22)27(33)32-13-12-31(18-24-16-29-19-30-24)26-11-10-21(14-23(26)17-32)20-6-2-1-3-7-20;;/h1-11,14,16,19H,12-13,17-18H2,(H,29,30);2*1H. The van der Waals surface area contributed by atoms with Crippen LogP contribution in [0.1, 0.15) is 27.2 Å². The van der Waals surface area contributed by atoms with Crippen molar-refractivity contribution in [2.24, 2.45) is 0 Å². The van der Waals surface area contributed by atoms with Crippen molar-refractivity contribution in [1.82, 2.24) is 14.9 Å². The highest BCUT2D eigenvalue weighted by Gasteiger charge is 2.26. The van der Waals surface area contributed by atoms with Crippen molar-refractivity contribution < 1.29 is 4.79 Å². The van der Waals surface area contributed by atoms with Crippen molar-refractivity contribution in [1.29, 1.82) is 5.26 Å². The third kappa shape index (κ3) is 5.48. The van der Waals surface area contributed by atoms with Gasteiger partial charge in [0.2, 0.25) is 0 Å². The van der Waals surface area contributed by atoms with Crippen LogP contribution < -0.4 is 4.90 Å². The first-order valence-corrected chi connectivity index (χ1v) is 10.9. The quantitative estimate of drug-likeness (QED) is 0.399. The van der Waals surface area contributed by atoms with Crippen LogP contribution in [-0.4, -0.2) is 33.9 Å². The van der Waals surface area contributed by atoms with E-state index in [1.165, 1.54) is 0 Å². The molecule has 0 saturated heterocycles. The van der Waals surface area contributed by atoms with Gasteiger partial charge in [0.25, 0.3) is 5.91 Å². The molecule has 1 aromatic heterocycles. The number of carbonyl (C=O) groups excluding carboxylic acids is 1. The second-order valence-corrected chi connectivity index (χ2v) is 8.08. The molecular formula is C27H25Cl2N5O. The number of rotatable bonds is 4. The number of amides is 1. The Morgan fingerprint density at radius 3 is 2.49 bits per heavy atom. The molecule has 2 heterocycles. The average Bonchev–Trinajstić information content (AvgIpc) is 3.32. The van der Waals surface area contributed by atoms with Gasteiger partial charge in [-0.1, -0.05) is 48.5 Å². The molecule has 0 spiro atoms. The lowest BCUT2D eigenvalue weighted by molar-refractivity contribution is 0.0751. The Morgan fingerprint density at radius 1 is 0.971 bits per heavy atom. The monoisotopic (exact) mass is 505 g/mol. The Balaban J connectivity index is 0.00000171. The second kappa shape index (κ2) is 11.6. The summed E-state index contributed by atoms with van der Waals surface area (Å²) < 4.78 is 0. The Kier molecular flexibility index (Phi) is 8.53. The molecule has 0 radical (unpaired) electrons. The van der Waals surface area contributed by atoms with Crippen molar-refractivity contribution in [3.8, 4) is 17.2 Å². The zero-order valence-electron chi connectivity index (χ0n) is 18.9. The van der Waals surface area contributed by atoms with Gasteiger partial charge < -0.3 is 14.8 Å². The zero-order chi connectivity index (χ0) is 22.6. The molecule has 6 nitrogen and oxygen atoms in total. The van der Waals surface area contributed by atoms with Crippen LogP contribution in [0.4, 0.5) is 5.69 Å². The molecule has 1 aliphatic heterocycles. The van der Waals surface area contributed by atoms with Crippen molar-refractivity contribution in [2.75, 3.05) is 18.0 Å². The maximum absolute atomic E-state index is 13.5. The maximum Gasteiger partial charge on any atom is 0.255 e. The van der Waals surface area contributed by atoms with Crippen LogP contribution in [0.15, 0.2) is 85.3 Å². The summed E-state index contributed by atoms with van der Waals surface area (Å²) in [4.78, 5) is 25.0. The summed E-state index contributed by atoms with van der Waals surface area (Å²) in [6, 6.07) is 25.8. The van der Waals surface area contributed by atoms with Gasteiger partial charge in [-0.05, 0) is 41.0 Å². The van der Waals surface area contributed by atoms with Crippen LogP contribution >= 0.6 is 24.8 Å². The number of halogens is 2. The minimum absolute atomic E-state index is 0. The highest BCUT2D eigenvalue weighted by Crippen LogP contribution is 2.32. The Labute approximate surface area is 217 Å². The molecule has 8 heteroatoms. The number of H-pyrrole nitrogens is 1. The van der Waals surface area contributed by atoms with Gasteiger partial charge in [0, 0.05) is 31.5 Å². The summed E-state index contributed by atoms with van der Waals surface area (Å²) in [6.45, 7) is 2.35. The number of nitrogens with zero attached hydrogens (tertiary/aromatic N) is 4. The van der Waals surface area contributed by atoms with Crippen LogP contribution in [0.5, 0.6) is 0 Å². The Hall–Kier alpha value is -3.79. The first kappa shape index (κ1) is 25.8. The molecule has 1 amide bonds. The molecule has 5 rings (SSSR count). The number of nitriles is 1. The molecule has 0 aliphatic carbocycles. The molecule has 1 N–H and O–H groups in total. The Bertz CT molecular complexity index is 1320. The first-order valence-electron chi connectivity index (χ1n) is 10.9. The summed E-state index contributed by atoms with van der Waals surface area (Å²) >= 11 is 0. The largest absolute Gasteiger partial charge is 0.364 e. The molecule has 0 fully saturated rings. The number of fused-ring (bicyclic) bond motifs is 1. The maximum atomic E-state index is 13.5. The van der Waals surface area contributed by atoms with E-state index in [1.54, 1.807) is 30.6 Å². The SMILES string of the molecule is Cl.Cl.N#Cc1ccccc1C(=O)N1CCN(Cc2c[nH]cn2)c2ccc(-c3ccccc3)cc2C1. The van der Waals surface area contributed by atoms with Crippen LogP contribution in [0.25, 0.3) is 11.1 Å². The lowest BCUT2D eigenvalue weighted by atomic mass is 10.0. The molecule has 0 atom stereocenters. The number of benzene rings is 3. The third-order valence-corrected chi connectivity index (χ3v) is 6.00. The average molecular weight is 506 g/mol. The smallest absolute Gasteiger partial charge is 0.255 e. The molecule has 178 valence electrons. The summed E-state index contributed by atoms with van der Waals surface area (Å²) in [6.07, 6.45) is 3.58. The number of nitrogens with one attached hydrogen (secondary N) is 1. The number of anilines is 1. The van der Waals surface area contributed by atoms with Gasteiger partial charge in [0.05, 0.1) is 35.8 Å². The van der Waals surface area contributed by atoms with Gasteiger partial charge >= 0.3 is 0 Å². The summed E-state index contributed by atoms with van der Waals surface area (Å²) in [5.74, 6) is -0.121. The van der Waals surface area contributed by atoms with E-state index >= 15 is 0 Å². The van der Waals surface area contributed by atoms with Crippen molar-refractivity contribution in [3.63, 3.8) is 0 Å². The summed E-state index contributed by atoms with van der Waals surface area (Å²) in [7, 11) is 0. The molecule has 1 aliphatic rings. The fourth-order valence-electron chi connectivity index (χ4n) is 4.33. The number of carbonyl (C=O) groups is 1. The summed E-state index contributed by atoms with van der Waals surface area (Å²) in [5.41, 5.74) is 6.22. The fraction of sp³-hybridized carbons (Fsp3) is 0.148. The molecule has 3 aromatic carbocycles. The first-order chi connectivity index (χ1) is 16.2. The molecule has 0 bridgehead atoms. The van der Waals surface area contributed by atoms with E-state index in [9.17, 15) is 10.1 Å². The third-order valence-electron chi connectivity index (χ3n) is 6.00. The predicted molar refractivity (Wildman–Crippen MR) is 142 cm³/mol. The lowest BCUT2D eigenvalue weighted by Crippen LogP contribution is -2.35. The van der Waals surface area contributed by atoms with Crippen LogP contribution in [0.3, 0.4) is 0 Å². The van der Waals surface area contributed by atoms with Crippen LogP contribution in [-0.2, 0) is 13.1 Å². The number of hydrogen-bond acceptors (Lipinski definition) is 4. The van der Waals surface area contributed by atoms with Crippen molar-refractivity contribution in [2.45, 2.75) is 13.1 Å². The minimum atomic E-state index is -0.121. The number of imidazole rings is 1. The van der Waals surface area contributed by atoms with Gasteiger partial charge in [0.15, 0.2) is 0 Å². The zero-order valence-corrected chi connectivity index (χ0v) is 20.6. The van der Waals surface area contributed by atoms with E-state index < -0.39 is 0 Å². The van der Waals surface area contributed by atoms with Crippen LogP contribution in [0, 0.1) is 11.3 Å². The number of aromatic amines is 1. The van der Waals surface area contributed by atoms with Gasteiger partial charge in [-0.3, -0.25) is 4.79 Å². The molecule has 0 saturated carbocycles. The van der Waals surface area contributed by atoms with Gasteiger partial charge in [-0.25, -0.2) is 4.98 Å². The number of hydrogen-bond donors (Lipinski definition) is 1. The topological polar surface area (TPSA) is 76.0 Å². The highest BCUT2D eigenvalue weighted by atomic mass is 35.5. The van der Waals surface area contributed by atoms with E-state index in [2.05, 4.69) is 51.3 Å². The van der Waals surface area contributed by atoms with Gasteiger partial charge in [0.1, 0.15) is 0 Å². The normalized spacial score (nSPS) is 12.4. The predicted octanol–water partition coefficient (Wildman–Crippen LogP) is 5.45. The van der Waals surface area contributed by atoms with E-state index in [1.807, 2.05) is 29.3 Å². The van der Waals surface area contributed by atoms with Crippen LogP contribution in [0.2, 0.25) is 0 Å². The second-order valence-electron chi connectivity index (χ2n) is 8.08. The minimum Gasteiger partial charge on any atom is -0.364 e. The molecule has 0 unspecified atom stereocenters. The fourth-order valence-corrected chi connectivity index (χ4v) is 4.33. The van der Waals surface area contributed by atoms with E-state index in [-0.39, 0.29) is 30.7 Å². The van der Waals surface area contributed by atoms with Gasteiger partial charge in [-0.15, -0.1) is 24.8 Å². The molecule has 35 heavy (non-hydrogen) atoms. The summed E-state index contributed by atoms with van der Waals surface area (Å²) in [5, 5.41) is 9.49. The van der Waals surface area contributed by atoms with Gasteiger partial charge in [-0.2, -0.15) is 5.26 Å². The van der Waals surface area contributed by atoms with E-state index in [0.29, 0.717) is 37.3 Å². The highest BCUT2D eigenvalue weighted by molar-refractivity contribution is 5.96. The molecular weight excluding hydrogens is 481 g/mol. The lowest BCUT2D eigenvalue weighted by Gasteiger charge is -2.24. The van der Waals surface area contributed by atoms with Crippen molar-refractivity contribution >= 4 is 36.4 Å². The number of aromatic nitrogens is 2. The van der Waals surface area contributed by atoms with Crippen molar-refractivity contribution in [3.05, 3.63) is 108 Å².